The Balaban J connectivity index is 0.000000688. The van der Waals surface area contributed by atoms with Gasteiger partial charge in [-0.3, -0.25) is 4.79 Å². The summed E-state index contributed by atoms with van der Waals surface area (Å²) in [7, 11) is 3.84. The Labute approximate surface area is 132 Å². The van der Waals surface area contributed by atoms with Crippen molar-refractivity contribution in [1.29, 1.82) is 0 Å². The third-order valence-electron chi connectivity index (χ3n) is 2.99. The fourth-order valence-corrected chi connectivity index (χ4v) is 1.81. The molecule has 0 aromatic heterocycles. The van der Waals surface area contributed by atoms with Crippen LogP contribution in [0.1, 0.15) is 19.3 Å². The maximum atomic E-state index is 11.8. The number of piperidine rings is 1. The number of rotatable bonds is 5. The van der Waals surface area contributed by atoms with Crippen LogP contribution in [0.3, 0.4) is 0 Å². The Morgan fingerprint density at radius 3 is 2.04 bits per heavy atom. The van der Waals surface area contributed by atoms with Crippen molar-refractivity contribution in [2.45, 2.75) is 25.4 Å². The van der Waals surface area contributed by atoms with E-state index in [-0.39, 0.29) is 12.0 Å². The van der Waals surface area contributed by atoms with E-state index in [0.717, 1.165) is 6.54 Å². The molecule has 0 aliphatic carbocycles. The minimum Gasteiger partial charge on any atom is -0.473 e. The summed E-state index contributed by atoms with van der Waals surface area (Å²) in [4.78, 5) is 48.3. The van der Waals surface area contributed by atoms with E-state index in [1.165, 1.54) is 0 Å². The van der Waals surface area contributed by atoms with E-state index in [1.807, 2.05) is 19.0 Å². The van der Waals surface area contributed by atoms with Crippen molar-refractivity contribution < 1.29 is 34.5 Å². The second-order valence-corrected chi connectivity index (χ2v) is 5.07. The largest absolute Gasteiger partial charge is 0.473 e. The number of carboxylic acid groups (broad SMARTS) is 2. The van der Waals surface area contributed by atoms with Crippen LogP contribution in [0.4, 0.5) is 0 Å². The molecule has 0 aromatic rings. The van der Waals surface area contributed by atoms with E-state index in [1.54, 1.807) is 4.90 Å². The SMILES string of the molecule is CN(C)CCC(=O)N1CCC(O[N+](=O)[O-])CC1.O=C(O)C(=O)O. The molecule has 1 saturated heterocycles. The molecule has 1 aliphatic rings. The van der Waals surface area contributed by atoms with Crippen molar-refractivity contribution in [3.05, 3.63) is 10.1 Å². The predicted octanol–water partition coefficient (Wildman–Crippen LogP) is -0.707. The summed E-state index contributed by atoms with van der Waals surface area (Å²) in [5, 5.41) is 24.2. The lowest BCUT2D eigenvalue weighted by Gasteiger charge is -2.31. The van der Waals surface area contributed by atoms with Gasteiger partial charge in [-0.1, -0.05) is 0 Å². The van der Waals surface area contributed by atoms with E-state index in [9.17, 15) is 14.9 Å². The molecule has 0 radical (unpaired) electrons. The first-order valence-electron chi connectivity index (χ1n) is 6.83. The van der Waals surface area contributed by atoms with Crippen LogP contribution in [-0.2, 0) is 19.2 Å². The molecular formula is C12H21N3O8. The topological polar surface area (TPSA) is 151 Å². The number of amides is 1. The zero-order chi connectivity index (χ0) is 18.0. The minimum atomic E-state index is -1.82. The fraction of sp³-hybridized carbons (Fsp3) is 0.750. The van der Waals surface area contributed by atoms with Crippen LogP contribution in [0.5, 0.6) is 0 Å². The number of carbonyl (C=O) groups excluding carboxylic acids is 1. The average Bonchev–Trinajstić information content (AvgIpc) is 2.45. The number of hydrogen-bond donors (Lipinski definition) is 2. The molecule has 0 unspecified atom stereocenters. The summed E-state index contributed by atoms with van der Waals surface area (Å²) in [6, 6.07) is 0. The van der Waals surface area contributed by atoms with Crippen LogP contribution < -0.4 is 0 Å². The van der Waals surface area contributed by atoms with Gasteiger partial charge in [-0.05, 0) is 26.9 Å². The molecule has 0 atom stereocenters. The van der Waals surface area contributed by atoms with Crippen molar-refractivity contribution in [1.82, 2.24) is 9.80 Å². The van der Waals surface area contributed by atoms with Crippen LogP contribution in [0, 0.1) is 10.1 Å². The van der Waals surface area contributed by atoms with Crippen molar-refractivity contribution in [3.63, 3.8) is 0 Å². The summed E-state index contributed by atoms with van der Waals surface area (Å²) < 4.78 is 0. The highest BCUT2D eigenvalue weighted by molar-refractivity contribution is 6.27. The second kappa shape index (κ2) is 10.3. The number of hydrogen-bond acceptors (Lipinski definition) is 7. The van der Waals surface area contributed by atoms with E-state index < -0.39 is 17.0 Å². The highest BCUT2D eigenvalue weighted by Crippen LogP contribution is 2.14. The quantitative estimate of drug-likeness (QED) is 0.377. The lowest BCUT2D eigenvalue weighted by atomic mass is 10.1. The summed E-state index contributed by atoms with van der Waals surface area (Å²) >= 11 is 0. The van der Waals surface area contributed by atoms with Crippen molar-refractivity contribution in [2.75, 3.05) is 33.7 Å². The average molecular weight is 335 g/mol. The van der Waals surface area contributed by atoms with Crippen LogP contribution in [0.2, 0.25) is 0 Å². The number of carboxylic acids is 2. The molecule has 1 amide bonds. The minimum absolute atomic E-state index is 0.109. The van der Waals surface area contributed by atoms with E-state index >= 15 is 0 Å². The lowest BCUT2D eigenvalue weighted by molar-refractivity contribution is -0.769. The Kier molecular flexibility index (Phi) is 9.23. The molecule has 1 heterocycles. The highest BCUT2D eigenvalue weighted by atomic mass is 17.0. The van der Waals surface area contributed by atoms with Gasteiger partial charge in [0.15, 0.2) is 0 Å². The molecule has 2 N–H and O–H groups in total. The third-order valence-corrected chi connectivity index (χ3v) is 2.99. The van der Waals surface area contributed by atoms with Gasteiger partial charge in [0.05, 0.1) is 0 Å². The van der Waals surface area contributed by atoms with Gasteiger partial charge in [0.2, 0.25) is 5.91 Å². The Morgan fingerprint density at radius 1 is 1.22 bits per heavy atom. The summed E-state index contributed by atoms with van der Waals surface area (Å²) in [6.07, 6.45) is 1.21. The van der Waals surface area contributed by atoms with Gasteiger partial charge in [-0.25, -0.2) is 9.59 Å². The van der Waals surface area contributed by atoms with Gasteiger partial charge >= 0.3 is 11.9 Å². The highest BCUT2D eigenvalue weighted by Gasteiger charge is 2.24. The van der Waals surface area contributed by atoms with Gasteiger partial charge < -0.3 is 24.9 Å². The van der Waals surface area contributed by atoms with E-state index in [2.05, 4.69) is 4.84 Å². The monoisotopic (exact) mass is 335 g/mol. The molecule has 1 fully saturated rings. The lowest BCUT2D eigenvalue weighted by Crippen LogP contribution is -2.42. The molecule has 1 aliphatic heterocycles. The second-order valence-electron chi connectivity index (χ2n) is 5.07. The standard InChI is InChI=1S/C10H19N3O4.C2H2O4/c1-11(2)6-5-10(14)12-7-3-9(4-8-12)17-13(15)16;3-1(4)2(5)6/h9H,3-8H2,1-2H3;(H,3,4)(H,5,6). The Morgan fingerprint density at radius 2 is 1.70 bits per heavy atom. The zero-order valence-electron chi connectivity index (χ0n) is 13.0. The fourth-order valence-electron chi connectivity index (χ4n) is 1.81. The molecule has 0 spiro atoms. The molecule has 11 nitrogen and oxygen atoms in total. The normalized spacial score (nSPS) is 14.7. The first kappa shape index (κ1) is 20.6. The third kappa shape index (κ3) is 10.0. The molecule has 23 heavy (non-hydrogen) atoms. The zero-order valence-corrected chi connectivity index (χ0v) is 13.0. The number of nitrogens with zero attached hydrogens (tertiary/aromatic N) is 3. The summed E-state index contributed by atoms with van der Waals surface area (Å²) in [5.41, 5.74) is 0. The van der Waals surface area contributed by atoms with Crippen molar-refractivity contribution in [3.8, 4) is 0 Å². The number of likely N-dealkylation sites (tertiary alicyclic amines) is 1. The molecule has 0 bridgehead atoms. The smallest absolute Gasteiger partial charge is 0.414 e. The van der Waals surface area contributed by atoms with Crippen LogP contribution in [0.15, 0.2) is 0 Å². The first-order valence-corrected chi connectivity index (χ1v) is 6.83. The molecular weight excluding hydrogens is 314 g/mol. The predicted molar refractivity (Wildman–Crippen MR) is 76.1 cm³/mol. The van der Waals surface area contributed by atoms with Crippen LogP contribution >= 0.6 is 0 Å². The maximum absolute atomic E-state index is 11.8. The van der Waals surface area contributed by atoms with Crippen LogP contribution in [-0.4, -0.2) is 82.8 Å². The van der Waals surface area contributed by atoms with E-state index in [0.29, 0.717) is 32.4 Å². The van der Waals surface area contributed by atoms with Gasteiger partial charge in [0, 0.05) is 26.1 Å². The Hall–Kier alpha value is -2.43. The van der Waals surface area contributed by atoms with Gasteiger partial charge in [0.25, 0.3) is 5.09 Å². The first-order chi connectivity index (χ1) is 10.6. The van der Waals surface area contributed by atoms with Gasteiger partial charge in [-0.15, -0.1) is 10.1 Å². The van der Waals surface area contributed by atoms with Gasteiger partial charge in [-0.2, -0.15) is 0 Å². The van der Waals surface area contributed by atoms with Crippen LogP contribution in [0.25, 0.3) is 0 Å². The van der Waals surface area contributed by atoms with E-state index in [4.69, 9.17) is 19.8 Å². The van der Waals surface area contributed by atoms with Crippen molar-refractivity contribution >= 4 is 17.8 Å². The molecule has 1 rings (SSSR count). The number of carbonyl (C=O) groups is 3. The summed E-state index contributed by atoms with van der Waals surface area (Å²) in [5.74, 6) is -3.54. The van der Waals surface area contributed by atoms with Crippen molar-refractivity contribution in [2.24, 2.45) is 0 Å². The molecule has 11 heteroatoms. The summed E-state index contributed by atoms with van der Waals surface area (Å²) in [6.45, 7) is 1.82. The van der Waals surface area contributed by atoms with Gasteiger partial charge in [0.1, 0.15) is 6.10 Å². The molecule has 132 valence electrons. The molecule has 0 saturated carbocycles. The Bertz CT molecular complexity index is 420. The molecule has 0 aromatic carbocycles. The maximum Gasteiger partial charge on any atom is 0.414 e. The number of aliphatic carboxylic acids is 2.